The van der Waals surface area contributed by atoms with E-state index in [1.807, 2.05) is 0 Å². The third kappa shape index (κ3) is 5.88. The van der Waals surface area contributed by atoms with Crippen molar-refractivity contribution in [3.8, 4) is 0 Å². The van der Waals surface area contributed by atoms with Crippen molar-refractivity contribution in [1.82, 2.24) is 0 Å². The van der Waals surface area contributed by atoms with E-state index in [4.69, 9.17) is 4.74 Å². The smallest absolute Gasteiger partial charge is 0.460 e. The van der Waals surface area contributed by atoms with Crippen LogP contribution in [-0.2, 0) is 16.0 Å². The first-order chi connectivity index (χ1) is 16.3. The second-order valence-electron chi connectivity index (χ2n) is 8.78. The van der Waals surface area contributed by atoms with Crippen molar-refractivity contribution in [3.63, 3.8) is 0 Å². The number of carbonyl (C=O) groups is 1. The molecule has 1 aromatic carbocycles. The van der Waals surface area contributed by atoms with Crippen LogP contribution in [0, 0.1) is 0 Å². The molecule has 0 aliphatic heterocycles. The van der Waals surface area contributed by atoms with E-state index in [2.05, 4.69) is 0 Å². The Morgan fingerprint density at radius 1 is 0.806 bits per heavy atom. The van der Waals surface area contributed by atoms with Gasteiger partial charge < -0.3 is 9.84 Å². The highest BCUT2D eigenvalue weighted by molar-refractivity contribution is 5.79. The minimum atomic E-state index is -7.63. The van der Waals surface area contributed by atoms with Gasteiger partial charge in [0.15, 0.2) is 5.60 Å². The molecule has 1 aliphatic carbocycles. The van der Waals surface area contributed by atoms with Gasteiger partial charge in [-0.15, -0.1) is 0 Å². The Hall–Kier alpha value is -2.12. The zero-order chi connectivity index (χ0) is 27.6. The topological polar surface area (TPSA) is 46.5 Å². The summed E-state index contributed by atoms with van der Waals surface area (Å²) in [7, 11) is 0. The van der Waals surface area contributed by atoms with E-state index >= 15 is 0 Å². The number of esters is 1. The van der Waals surface area contributed by atoms with Gasteiger partial charge in [-0.1, -0.05) is 36.8 Å². The monoisotopic (exact) mass is 544 g/mol. The molecule has 14 heteroatoms. The summed E-state index contributed by atoms with van der Waals surface area (Å²) in [6.45, 7) is 0. The summed E-state index contributed by atoms with van der Waals surface area (Å²) in [6.07, 6.45) is -10.4. The average molecular weight is 544 g/mol. The quantitative estimate of drug-likeness (QED) is 0.263. The number of ether oxygens (including phenoxy) is 1. The third-order valence-corrected chi connectivity index (χ3v) is 5.99. The molecule has 1 aromatic rings. The fraction of sp³-hybridized carbons (Fsp3) is 0.682. The molecule has 0 heterocycles. The summed E-state index contributed by atoms with van der Waals surface area (Å²) in [6, 6.07) is 7.22. The van der Waals surface area contributed by atoms with Gasteiger partial charge in [-0.3, -0.25) is 0 Å². The predicted molar refractivity (Wildman–Crippen MR) is 103 cm³/mol. The van der Waals surface area contributed by atoms with Gasteiger partial charge in [0.2, 0.25) is 0 Å². The molecule has 0 aromatic heterocycles. The third-order valence-electron chi connectivity index (χ3n) is 5.99. The predicted octanol–water partition coefficient (Wildman–Crippen LogP) is 6.72. The van der Waals surface area contributed by atoms with Crippen LogP contribution in [0.5, 0.6) is 0 Å². The van der Waals surface area contributed by atoms with Gasteiger partial charge in [0.05, 0.1) is 6.42 Å². The van der Waals surface area contributed by atoms with Gasteiger partial charge >= 0.3 is 35.8 Å². The maximum atomic E-state index is 14.5. The van der Waals surface area contributed by atoms with Gasteiger partial charge in [-0.25, -0.2) is 4.79 Å². The molecular weight excluding hydrogens is 521 g/mol. The van der Waals surface area contributed by atoms with Gasteiger partial charge in [0, 0.05) is 0 Å². The molecule has 1 unspecified atom stereocenters. The second-order valence-corrected chi connectivity index (χ2v) is 8.78. The number of halogens is 11. The zero-order valence-electron chi connectivity index (χ0n) is 18.5. The van der Waals surface area contributed by atoms with Crippen molar-refractivity contribution >= 4 is 5.97 Å². The van der Waals surface area contributed by atoms with E-state index in [-0.39, 0.29) is 18.4 Å². The second kappa shape index (κ2) is 10.3. The van der Waals surface area contributed by atoms with Crippen molar-refractivity contribution in [2.24, 2.45) is 0 Å². The molecule has 36 heavy (non-hydrogen) atoms. The maximum Gasteiger partial charge on any atom is 0.460 e. The molecule has 0 spiro atoms. The van der Waals surface area contributed by atoms with Gasteiger partial charge in [-0.2, -0.15) is 48.3 Å². The van der Waals surface area contributed by atoms with Crippen molar-refractivity contribution in [2.45, 2.75) is 92.9 Å². The molecule has 3 nitrogen and oxygen atoms in total. The lowest BCUT2D eigenvalue weighted by atomic mass is 9.84. The molecule has 0 amide bonds. The van der Waals surface area contributed by atoms with Crippen molar-refractivity contribution in [3.05, 3.63) is 35.9 Å². The fourth-order valence-electron chi connectivity index (χ4n) is 3.79. The van der Waals surface area contributed by atoms with Crippen LogP contribution in [0.4, 0.5) is 48.3 Å². The minimum Gasteiger partial charge on any atom is -0.460 e. The number of hydrogen-bond donors (Lipinski definition) is 1. The van der Waals surface area contributed by atoms with Crippen molar-refractivity contribution in [1.29, 1.82) is 0 Å². The summed E-state index contributed by atoms with van der Waals surface area (Å²) in [5, 5.41) is 10.7. The van der Waals surface area contributed by atoms with Crippen LogP contribution in [0.1, 0.15) is 50.5 Å². The molecule has 1 N–H and O–H groups in total. The Balaban J connectivity index is 2.40. The lowest BCUT2D eigenvalue weighted by molar-refractivity contribution is -0.424. The molecular formula is C22H23F11O3. The number of aliphatic hydroxyl groups is 1. The number of carbonyl (C=O) groups excluding carboxylic acids is 1. The molecule has 1 atom stereocenters. The zero-order valence-corrected chi connectivity index (χ0v) is 18.5. The van der Waals surface area contributed by atoms with Gasteiger partial charge in [-0.05, 0) is 44.1 Å². The fourth-order valence-corrected chi connectivity index (χ4v) is 3.79. The van der Waals surface area contributed by atoms with Crippen LogP contribution < -0.4 is 0 Å². The standard InChI is InChI=1S/C22H23F11O3/c23-18(24,19(25,26)20(27,28)21(29,30)22(31,32)33)13-17(35,12-11-14-7-3-1-4-8-14)16(34)36-15-9-5-2-6-10-15/h1,3-4,7-8,15,35H,2,5-6,9-13H2. The lowest BCUT2D eigenvalue weighted by Crippen LogP contribution is -2.67. The normalized spacial score (nSPS) is 18.6. The van der Waals surface area contributed by atoms with Gasteiger partial charge in [0.1, 0.15) is 6.10 Å². The average Bonchev–Trinajstić information content (AvgIpc) is 2.77. The van der Waals surface area contributed by atoms with Crippen LogP contribution in [0.15, 0.2) is 30.3 Å². The van der Waals surface area contributed by atoms with E-state index in [9.17, 15) is 58.2 Å². The highest BCUT2D eigenvalue weighted by Gasteiger charge is 2.87. The van der Waals surface area contributed by atoms with Crippen LogP contribution >= 0.6 is 0 Å². The van der Waals surface area contributed by atoms with E-state index in [0.717, 1.165) is 6.42 Å². The summed E-state index contributed by atoms with van der Waals surface area (Å²) in [4.78, 5) is 12.6. The van der Waals surface area contributed by atoms with Crippen molar-refractivity contribution < 1.29 is 62.9 Å². The summed E-state index contributed by atoms with van der Waals surface area (Å²) >= 11 is 0. The number of alkyl halides is 11. The van der Waals surface area contributed by atoms with Gasteiger partial charge in [0.25, 0.3) is 0 Å². The molecule has 2 rings (SSSR count). The largest absolute Gasteiger partial charge is 0.460 e. The first-order valence-electron chi connectivity index (χ1n) is 10.8. The first-order valence-corrected chi connectivity index (χ1v) is 10.8. The molecule has 1 saturated carbocycles. The van der Waals surface area contributed by atoms with Crippen LogP contribution in [0.3, 0.4) is 0 Å². The SMILES string of the molecule is O=C(OC1CCCCC1)C(O)(CCc1ccccc1)CC(F)(F)C(F)(F)C(F)(F)C(F)(F)C(F)(F)F. The summed E-state index contributed by atoms with van der Waals surface area (Å²) < 4.78 is 153. The molecule has 206 valence electrons. The van der Waals surface area contributed by atoms with E-state index < -0.39 is 66.8 Å². The molecule has 1 fully saturated rings. The molecule has 0 bridgehead atoms. The Labute approximate surface area is 198 Å². The van der Waals surface area contributed by atoms with Crippen LogP contribution in [-0.4, -0.2) is 52.6 Å². The van der Waals surface area contributed by atoms with Crippen LogP contribution in [0.25, 0.3) is 0 Å². The van der Waals surface area contributed by atoms with E-state index in [1.165, 1.54) is 30.3 Å². The highest BCUT2D eigenvalue weighted by Crippen LogP contribution is 2.58. The Morgan fingerprint density at radius 3 is 1.83 bits per heavy atom. The Kier molecular flexibility index (Phi) is 8.64. The number of aryl methyl sites for hydroxylation is 1. The maximum absolute atomic E-state index is 14.5. The Bertz CT molecular complexity index is 881. The minimum absolute atomic E-state index is 0.225. The molecule has 0 saturated heterocycles. The summed E-state index contributed by atoms with van der Waals surface area (Å²) in [5.41, 5.74) is -3.34. The van der Waals surface area contributed by atoms with E-state index in [0.29, 0.717) is 12.8 Å². The highest BCUT2D eigenvalue weighted by atomic mass is 19.4. The van der Waals surface area contributed by atoms with E-state index in [1.54, 1.807) is 0 Å². The number of rotatable bonds is 10. The van der Waals surface area contributed by atoms with Crippen molar-refractivity contribution in [2.75, 3.05) is 0 Å². The lowest BCUT2D eigenvalue weighted by Gasteiger charge is -2.39. The number of benzene rings is 1. The number of hydrogen-bond acceptors (Lipinski definition) is 3. The molecule has 1 aliphatic rings. The van der Waals surface area contributed by atoms with Crippen LogP contribution in [0.2, 0.25) is 0 Å². The summed E-state index contributed by atoms with van der Waals surface area (Å²) in [5.74, 6) is -30.8. The first kappa shape index (κ1) is 30.1. The Morgan fingerprint density at radius 2 is 1.33 bits per heavy atom. The molecule has 0 radical (unpaired) electrons.